The fourth-order valence-electron chi connectivity index (χ4n) is 0.744. The summed E-state index contributed by atoms with van der Waals surface area (Å²) in [6.45, 7) is 5.61. The molecular formula is C8H16N2O3. The van der Waals surface area contributed by atoms with Crippen LogP contribution in [0.25, 0.3) is 0 Å². The number of carbonyl (C=O) groups is 2. The third-order valence-electron chi connectivity index (χ3n) is 2.06. The van der Waals surface area contributed by atoms with Crippen LogP contribution >= 0.6 is 0 Å². The summed E-state index contributed by atoms with van der Waals surface area (Å²) >= 11 is 0. The SMILES string of the molecule is CCC(C)(CC)OC(=O)NC(N)=O. The molecule has 0 bridgehead atoms. The Labute approximate surface area is 77.6 Å². The first-order valence-corrected chi connectivity index (χ1v) is 4.23. The van der Waals surface area contributed by atoms with Crippen molar-refractivity contribution in [2.75, 3.05) is 0 Å². The minimum absolute atomic E-state index is 0.528. The average Bonchev–Trinajstić information content (AvgIpc) is 2.02. The molecule has 3 amide bonds. The zero-order valence-electron chi connectivity index (χ0n) is 8.22. The number of rotatable bonds is 3. The van der Waals surface area contributed by atoms with Gasteiger partial charge in [-0.3, -0.25) is 0 Å². The molecule has 5 heteroatoms. The number of carbonyl (C=O) groups excluding carboxylic acids is 2. The van der Waals surface area contributed by atoms with Gasteiger partial charge in [0.25, 0.3) is 0 Å². The van der Waals surface area contributed by atoms with E-state index >= 15 is 0 Å². The third-order valence-corrected chi connectivity index (χ3v) is 2.06. The molecule has 3 N–H and O–H groups in total. The normalized spacial score (nSPS) is 10.7. The number of amides is 3. The van der Waals surface area contributed by atoms with Crippen LogP contribution in [0.4, 0.5) is 9.59 Å². The summed E-state index contributed by atoms with van der Waals surface area (Å²) in [4.78, 5) is 21.2. The smallest absolute Gasteiger partial charge is 0.415 e. The van der Waals surface area contributed by atoms with Crippen LogP contribution in [-0.2, 0) is 4.74 Å². The summed E-state index contributed by atoms with van der Waals surface area (Å²) < 4.78 is 5.00. The lowest BCUT2D eigenvalue weighted by atomic mass is 10.0. The van der Waals surface area contributed by atoms with Gasteiger partial charge in [0.05, 0.1) is 0 Å². The monoisotopic (exact) mass is 188 g/mol. The van der Waals surface area contributed by atoms with E-state index in [1.54, 1.807) is 6.92 Å². The molecule has 5 nitrogen and oxygen atoms in total. The Morgan fingerprint density at radius 3 is 2.15 bits per heavy atom. The summed E-state index contributed by atoms with van der Waals surface area (Å²) in [5, 5.41) is 1.84. The molecule has 0 unspecified atom stereocenters. The van der Waals surface area contributed by atoms with Gasteiger partial charge in [0, 0.05) is 0 Å². The van der Waals surface area contributed by atoms with Crippen molar-refractivity contribution in [2.45, 2.75) is 39.2 Å². The minimum Gasteiger partial charge on any atom is -0.443 e. The molecule has 0 spiro atoms. The van der Waals surface area contributed by atoms with Crippen LogP contribution in [0.2, 0.25) is 0 Å². The molecule has 0 aromatic carbocycles. The van der Waals surface area contributed by atoms with E-state index in [1.165, 1.54) is 0 Å². The number of primary amides is 1. The molecule has 76 valence electrons. The molecule has 0 aromatic heterocycles. The molecule has 0 aliphatic rings. The number of hydrogen-bond donors (Lipinski definition) is 2. The summed E-state index contributed by atoms with van der Waals surface area (Å²) in [6.07, 6.45) is 0.587. The molecule has 0 saturated carbocycles. The molecule has 0 radical (unpaired) electrons. The van der Waals surface area contributed by atoms with Gasteiger partial charge in [0.1, 0.15) is 5.60 Å². The molecule has 0 aliphatic carbocycles. The predicted molar refractivity (Wildman–Crippen MR) is 48.2 cm³/mol. The van der Waals surface area contributed by atoms with Crippen molar-refractivity contribution in [3.05, 3.63) is 0 Å². The van der Waals surface area contributed by atoms with Crippen molar-refractivity contribution >= 4 is 12.1 Å². The van der Waals surface area contributed by atoms with E-state index in [9.17, 15) is 9.59 Å². The second-order valence-corrected chi connectivity index (χ2v) is 3.04. The molecular weight excluding hydrogens is 172 g/mol. The van der Waals surface area contributed by atoms with Gasteiger partial charge >= 0.3 is 12.1 Å². The van der Waals surface area contributed by atoms with Gasteiger partial charge in [-0.05, 0) is 19.8 Å². The molecule has 0 heterocycles. The largest absolute Gasteiger partial charge is 0.443 e. The van der Waals surface area contributed by atoms with Crippen molar-refractivity contribution in [3.8, 4) is 0 Å². The fourth-order valence-corrected chi connectivity index (χ4v) is 0.744. The Morgan fingerprint density at radius 2 is 1.85 bits per heavy atom. The van der Waals surface area contributed by atoms with Crippen molar-refractivity contribution < 1.29 is 14.3 Å². The number of hydrogen-bond acceptors (Lipinski definition) is 3. The van der Waals surface area contributed by atoms with Crippen LogP contribution in [0, 0.1) is 0 Å². The fraction of sp³-hybridized carbons (Fsp3) is 0.750. The van der Waals surface area contributed by atoms with Crippen LogP contribution in [0.15, 0.2) is 0 Å². The topological polar surface area (TPSA) is 81.4 Å². The summed E-state index contributed by atoms with van der Waals surface area (Å²) in [7, 11) is 0. The molecule has 13 heavy (non-hydrogen) atoms. The lowest BCUT2D eigenvalue weighted by Gasteiger charge is -2.26. The molecule has 0 aliphatic heterocycles. The molecule has 0 rings (SSSR count). The highest BCUT2D eigenvalue weighted by Gasteiger charge is 2.24. The highest BCUT2D eigenvalue weighted by Crippen LogP contribution is 2.18. The first-order chi connectivity index (χ1) is 5.93. The minimum atomic E-state index is -0.903. The number of alkyl carbamates (subject to hydrolysis) is 1. The van der Waals surface area contributed by atoms with Gasteiger partial charge < -0.3 is 10.5 Å². The standard InChI is InChI=1S/C8H16N2O3/c1-4-8(3,5-2)13-7(12)10-6(9)11/h4-5H2,1-3H3,(H3,9,10,11,12). The Kier molecular flexibility index (Phi) is 4.23. The van der Waals surface area contributed by atoms with E-state index in [2.05, 4.69) is 0 Å². The number of nitrogens with one attached hydrogen (secondary N) is 1. The molecule has 0 atom stereocenters. The van der Waals surface area contributed by atoms with Gasteiger partial charge in [0.2, 0.25) is 0 Å². The van der Waals surface area contributed by atoms with Crippen LogP contribution < -0.4 is 11.1 Å². The van der Waals surface area contributed by atoms with Crippen LogP contribution in [0.3, 0.4) is 0 Å². The van der Waals surface area contributed by atoms with Gasteiger partial charge in [-0.25, -0.2) is 14.9 Å². The molecule has 0 fully saturated rings. The maximum atomic E-state index is 11.0. The summed E-state index contributed by atoms with van der Waals surface area (Å²) in [5.74, 6) is 0. The number of urea groups is 1. The van der Waals surface area contributed by atoms with Gasteiger partial charge in [-0.15, -0.1) is 0 Å². The Hall–Kier alpha value is -1.26. The van der Waals surface area contributed by atoms with Crippen molar-refractivity contribution in [3.63, 3.8) is 0 Å². The first-order valence-electron chi connectivity index (χ1n) is 4.23. The van der Waals surface area contributed by atoms with E-state index < -0.39 is 17.7 Å². The predicted octanol–water partition coefficient (Wildman–Crippen LogP) is 1.37. The Morgan fingerprint density at radius 1 is 1.38 bits per heavy atom. The van der Waals surface area contributed by atoms with Crippen molar-refractivity contribution in [1.82, 2.24) is 5.32 Å². The van der Waals surface area contributed by atoms with Crippen LogP contribution in [0.1, 0.15) is 33.6 Å². The lowest BCUT2D eigenvalue weighted by molar-refractivity contribution is 0.0212. The van der Waals surface area contributed by atoms with Crippen molar-refractivity contribution in [1.29, 1.82) is 0 Å². The Bertz CT molecular complexity index is 200. The van der Waals surface area contributed by atoms with E-state index in [-0.39, 0.29) is 0 Å². The molecule has 0 aromatic rings. The lowest BCUT2D eigenvalue weighted by Crippen LogP contribution is -2.41. The third kappa shape index (κ3) is 4.35. The quantitative estimate of drug-likeness (QED) is 0.701. The molecule has 0 saturated heterocycles. The second kappa shape index (κ2) is 4.69. The number of imide groups is 1. The van der Waals surface area contributed by atoms with Gasteiger partial charge in [-0.1, -0.05) is 13.8 Å². The van der Waals surface area contributed by atoms with Crippen molar-refractivity contribution in [2.24, 2.45) is 5.73 Å². The van der Waals surface area contributed by atoms with Crippen LogP contribution in [0.5, 0.6) is 0 Å². The summed E-state index contributed by atoms with van der Waals surface area (Å²) in [6, 6.07) is -0.903. The number of ether oxygens (including phenoxy) is 1. The zero-order valence-corrected chi connectivity index (χ0v) is 8.22. The zero-order chi connectivity index (χ0) is 10.5. The van der Waals surface area contributed by atoms with Crippen LogP contribution in [-0.4, -0.2) is 17.7 Å². The van der Waals surface area contributed by atoms with E-state index in [1.807, 2.05) is 19.2 Å². The van der Waals surface area contributed by atoms with E-state index in [0.717, 1.165) is 0 Å². The maximum absolute atomic E-state index is 11.0. The average molecular weight is 188 g/mol. The second-order valence-electron chi connectivity index (χ2n) is 3.04. The van der Waals surface area contributed by atoms with E-state index in [0.29, 0.717) is 12.8 Å². The highest BCUT2D eigenvalue weighted by molar-refractivity contribution is 5.89. The first kappa shape index (κ1) is 11.7. The summed E-state index contributed by atoms with van der Waals surface area (Å²) in [5.41, 5.74) is 4.22. The van der Waals surface area contributed by atoms with Gasteiger partial charge in [0.15, 0.2) is 0 Å². The maximum Gasteiger partial charge on any atom is 0.415 e. The Balaban J connectivity index is 4.09. The van der Waals surface area contributed by atoms with Gasteiger partial charge in [-0.2, -0.15) is 0 Å². The number of nitrogens with two attached hydrogens (primary N) is 1. The van der Waals surface area contributed by atoms with E-state index in [4.69, 9.17) is 10.5 Å². The highest BCUT2D eigenvalue weighted by atomic mass is 16.6.